The van der Waals surface area contributed by atoms with Gasteiger partial charge < -0.3 is 9.57 Å². The summed E-state index contributed by atoms with van der Waals surface area (Å²) in [7, 11) is 1.30. The van der Waals surface area contributed by atoms with Crippen LogP contribution in [0.5, 0.6) is 5.88 Å². The molecule has 172 valence electrons. The molecular formula is C22H17ClF3N3O4. The molecule has 0 aliphatic rings. The second kappa shape index (κ2) is 10.3. The van der Waals surface area contributed by atoms with E-state index in [9.17, 15) is 22.8 Å². The molecule has 1 amide bonds. The zero-order chi connectivity index (χ0) is 24.0. The molecule has 7 nitrogen and oxygen atoms in total. The van der Waals surface area contributed by atoms with Gasteiger partial charge in [-0.15, -0.1) is 0 Å². The van der Waals surface area contributed by atoms with Crippen molar-refractivity contribution < 1.29 is 32.3 Å². The van der Waals surface area contributed by atoms with Gasteiger partial charge in [-0.2, -0.15) is 13.2 Å². The summed E-state index contributed by atoms with van der Waals surface area (Å²) in [5.41, 5.74) is 3.17. The second-order valence-electron chi connectivity index (χ2n) is 6.67. The summed E-state index contributed by atoms with van der Waals surface area (Å²) in [6.07, 6.45) is -3.56. The minimum Gasteiger partial charge on any atom is -0.468 e. The van der Waals surface area contributed by atoms with Crippen LogP contribution in [0.15, 0.2) is 66.9 Å². The molecule has 2 aromatic carbocycles. The molecule has 0 saturated heterocycles. The van der Waals surface area contributed by atoms with Gasteiger partial charge in [0.1, 0.15) is 0 Å². The summed E-state index contributed by atoms with van der Waals surface area (Å²) in [4.78, 5) is 33.6. The van der Waals surface area contributed by atoms with E-state index in [0.29, 0.717) is 16.1 Å². The van der Waals surface area contributed by atoms with E-state index in [1.807, 2.05) is 0 Å². The fourth-order valence-corrected chi connectivity index (χ4v) is 2.79. The molecule has 1 N–H and O–H groups in total. The molecule has 0 aliphatic heterocycles. The maximum Gasteiger partial charge on any atom is 0.422 e. The number of carbonyl (C=O) groups excluding carboxylic acids is 2. The lowest BCUT2D eigenvalue weighted by molar-refractivity contribution is -0.154. The predicted molar refractivity (Wildman–Crippen MR) is 113 cm³/mol. The third kappa shape index (κ3) is 6.93. The zero-order valence-electron chi connectivity index (χ0n) is 17.1. The van der Waals surface area contributed by atoms with Gasteiger partial charge in [0.15, 0.2) is 6.61 Å². The molecule has 3 aromatic rings. The summed E-state index contributed by atoms with van der Waals surface area (Å²) in [6, 6.07) is 15.7. The van der Waals surface area contributed by atoms with E-state index in [4.69, 9.17) is 21.2 Å². The van der Waals surface area contributed by atoms with E-state index in [1.54, 1.807) is 42.5 Å². The van der Waals surface area contributed by atoms with Crippen molar-refractivity contribution in [1.29, 1.82) is 0 Å². The third-order valence-corrected chi connectivity index (χ3v) is 4.38. The summed E-state index contributed by atoms with van der Waals surface area (Å²) < 4.78 is 42.7. The van der Waals surface area contributed by atoms with Crippen molar-refractivity contribution in [1.82, 2.24) is 15.6 Å². The van der Waals surface area contributed by atoms with E-state index >= 15 is 0 Å². The molecule has 0 spiro atoms. The van der Waals surface area contributed by atoms with Crippen LogP contribution >= 0.6 is 11.6 Å². The van der Waals surface area contributed by atoms with Crippen LogP contribution < -0.4 is 10.2 Å². The minimum atomic E-state index is -4.57. The Hall–Kier alpha value is -3.63. The predicted octanol–water partition coefficient (Wildman–Crippen LogP) is 4.69. The first kappa shape index (κ1) is 24.0. The van der Waals surface area contributed by atoms with Gasteiger partial charge >= 0.3 is 12.1 Å². The fourth-order valence-electron chi connectivity index (χ4n) is 2.66. The molecule has 33 heavy (non-hydrogen) atoms. The van der Waals surface area contributed by atoms with Gasteiger partial charge in [-0.25, -0.2) is 9.78 Å². The van der Waals surface area contributed by atoms with Crippen molar-refractivity contribution in [2.45, 2.75) is 6.18 Å². The molecule has 1 aromatic heterocycles. The first-order valence-corrected chi connectivity index (χ1v) is 9.78. The average Bonchev–Trinajstić information content (AvgIpc) is 2.78. The van der Waals surface area contributed by atoms with Crippen molar-refractivity contribution in [2.75, 3.05) is 13.7 Å². The fraction of sp³-hybridized carbons (Fsp3) is 0.136. The monoisotopic (exact) mass is 479 g/mol. The molecule has 0 atom stereocenters. The normalized spacial score (nSPS) is 11.2. The Morgan fingerprint density at radius 1 is 1.06 bits per heavy atom. The Labute approximate surface area is 191 Å². The Balaban J connectivity index is 1.79. The molecule has 1 heterocycles. The van der Waals surface area contributed by atoms with Gasteiger partial charge in [-0.05, 0) is 35.9 Å². The number of halogens is 4. The number of hydrogen-bond donors (Lipinski definition) is 1. The SMILES string of the molecule is CN(NC(=O)c1ccccc1)OC(=O)c1cnc(OCC(F)(F)F)c(-c2ccc(Cl)cc2)c1. The van der Waals surface area contributed by atoms with Gasteiger partial charge in [-0.1, -0.05) is 47.1 Å². The Kier molecular flexibility index (Phi) is 7.52. The second-order valence-corrected chi connectivity index (χ2v) is 7.11. The quantitative estimate of drug-likeness (QED) is 0.495. The number of ether oxygens (including phenoxy) is 1. The Morgan fingerprint density at radius 3 is 2.36 bits per heavy atom. The van der Waals surface area contributed by atoms with E-state index in [0.717, 1.165) is 11.4 Å². The molecule has 0 bridgehead atoms. The number of benzene rings is 2. The van der Waals surface area contributed by atoms with Gasteiger partial charge in [0.05, 0.1) is 5.56 Å². The van der Waals surface area contributed by atoms with Crippen LogP contribution in [0.1, 0.15) is 20.7 Å². The molecule has 0 unspecified atom stereocenters. The number of aromatic nitrogens is 1. The lowest BCUT2D eigenvalue weighted by Crippen LogP contribution is -2.40. The van der Waals surface area contributed by atoms with Crippen molar-refractivity contribution in [3.63, 3.8) is 0 Å². The lowest BCUT2D eigenvalue weighted by atomic mass is 10.1. The number of nitrogens with zero attached hydrogens (tertiary/aromatic N) is 2. The van der Waals surface area contributed by atoms with Gasteiger partial charge in [-0.3, -0.25) is 10.2 Å². The van der Waals surface area contributed by atoms with Crippen LogP contribution in [0.2, 0.25) is 5.02 Å². The highest BCUT2D eigenvalue weighted by Gasteiger charge is 2.29. The van der Waals surface area contributed by atoms with E-state index in [-0.39, 0.29) is 17.0 Å². The summed E-state index contributed by atoms with van der Waals surface area (Å²) in [5.74, 6) is -1.74. The Morgan fingerprint density at radius 2 is 1.73 bits per heavy atom. The van der Waals surface area contributed by atoms with Gasteiger partial charge in [0, 0.05) is 29.4 Å². The number of nitrogens with one attached hydrogen (secondary N) is 1. The average molecular weight is 480 g/mol. The number of carbonyl (C=O) groups is 2. The number of rotatable bonds is 7. The van der Waals surface area contributed by atoms with Crippen LogP contribution in [0, 0.1) is 0 Å². The van der Waals surface area contributed by atoms with E-state index in [2.05, 4.69) is 10.4 Å². The highest BCUT2D eigenvalue weighted by Crippen LogP contribution is 2.31. The standard InChI is InChI=1S/C22H17ClF3N3O4/c1-29(28-19(30)15-5-3-2-4-6-15)33-21(31)16-11-18(14-7-9-17(23)10-8-14)20(27-12-16)32-13-22(24,25)26/h2-12H,13H2,1H3,(H,28,30). The highest BCUT2D eigenvalue weighted by molar-refractivity contribution is 6.30. The van der Waals surface area contributed by atoms with Gasteiger partial charge in [0.2, 0.25) is 5.88 Å². The molecular weight excluding hydrogens is 463 g/mol. The number of amides is 1. The maximum absolute atomic E-state index is 12.6. The van der Waals surface area contributed by atoms with Crippen LogP contribution in [0.25, 0.3) is 11.1 Å². The van der Waals surface area contributed by atoms with Crippen molar-refractivity contribution >= 4 is 23.5 Å². The lowest BCUT2D eigenvalue weighted by Gasteiger charge is -2.18. The van der Waals surface area contributed by atoms with E-state index in [1.165, 1.54) is 25.2 Å². The molecule has 0 saturated carbocycles. The first-order valence-electron chi connectivity index (χ1n) is 9.40. The molecule has 3 rings (SSSR count). The van der Waals surface area contributed by atoms with Crippen molar-refractivity contribution in [3.05, 3.63) is 83.0 Å². The van der Waals surface area contributed by atoms with Crippen molar-refractivity contribution in [2.24, 2.45) is 0 Å². The van der Waals surface area contributed by atoms with Gasteiger partial charge in [0.25, 0.3) is 5.91 Å². The minimum absolute atomic E-state index is 0.0832. The van der Waals surface area contributed by atoms with Crippen molar-refractivity contribution in [3.8, 4) is 17.0 Å². The van der Waals surface area contributed by atoms with Crippen LogP contribution in [0.4, 0.5) is 13.2 Å². The topological polar surface area (TPSA) is 80.8 Å². The van der Waals surface area contributed by atoms with Crippen LogP contribution in [-0.2, 0) is 4.84 Å². The number of alkyl halides is 3. The number of pyridine rings is 1. The number of hydrogen-bond acceptors (Lipinski definition) is 6. The smallest absolute Gasteiger partial charge is 0.422 e. The first-order chi connectivity index (χ1) is 15.6. The highest BCUT2D eigenvalue weighted by atomic mass is 35.5. The van der Waals surface area contributed by atoms with E-state index < -0.39 is 24.7 Å². The summed E-state index contributed by atoms with van der Waals surface area (Å²) >= 11 is 5.87. The Bertz CT molecular complexity index is 1130. The molecule has 0 radical (unpaired) electrons. The summed E-state index contributed by atoms with van der Waals surface area (Å²) in [6.45, 7) is -1.56. The third-order valence-electron chi connectivity index (χ3n) is 4.13. The maximum atomic E-state index is 12.6. The van der Waals surface area contributed by atoms with Crippen LogP contribution in [-0.4, -0.2) is 41.9 Å². The molecule has 11 heteroatoms. The number of hydrazine groups is 1. The zero-order valence-corrected chi connectivity index (χ0v) is 17.9. The largest absolute Gasteiger partial charge is 0.468 e. The summed E-state index contributed by atoms with van der Waals surface area (Å²) in [5, 5.41) is 1.23. The number of hydroxylamine groups is 1. The molecule has 0 fully saturated rings. The molecule has 0 aliphatic carbocycles. The van der Waals surface area contributed by atoms with Crippen LogP contribution in [0.3, 0.4) is 0 Å².